The topological polar surface area (TPSA) is 138 Å². The molecule has 0 saturated heterocycles. The van der Waals surface area contributed by atoms with Crippen molar-refractivity contribution < 1.29 is 24.0 Å². The molecule has 0 spiro atoms. The second kappa shape index (κ2) is 10.4. The molecule has 10 heteroatoms. The number of fused-ring (bicyclic) bond motifs is 1. The molecule has 3 aromatic rings. The number of carbonyl (C=O) groups is 3. The molecule has 2 heterocycles. The van der Waals surface area contributed by atoms with Gasteiger partial charge in [-0.15, -0.1) is 0 Å². The molecule has 2 aliphatic rings. The first-order valence-corrected chi connectivity index (χ1v) is 13.5. The highest BCUT2D eigenvalue weighted by molar-refractivity contribution is 5.92. The van der Waals surface area contributed by atoms with Crippen LogP contribution in [0.1, 0.15) is 77.4 Å². The largest absolute Gasteiger partial charge is 0.478 e. The number of aromatic nitrogens is 2. The summed E-state index contributed by atoms with van der Waals surface area (Å²) < 4.78 is 5.24. The molecule has 40 heavy (non-hydrogen) atoms. The number of carbonyl (C=O) groups excluding carboxylic acids is 2. The summed E-state index contributed by atoms with van der Waals surface area (Å²) in [4.78, 5) is 43.9. The van der Waals surface area contributed by atoms with E-state index in [9.17, 15) is 19.5 Å². The van der Waals surface area contributed by atoms with Crippen molar-refractivity contribution in [3.8, 4) is 11.1 Å². The van der Waals surface area contributed by atoms with E-state index < -0.39 is 5.97 Å². The van der Waals surface area contributed by atoms with E-state index in [2.05, 4.69) is 20.8 Å². The summed E-state index contributed by atoms with van der Waals surface area (Å²) in [5.41, 5.74) is 5.38. The second-order valence-electron chi connectivity index (χ2n) is 11.7. The molecular weight excluding hydrogens is 510 g/mol. The van der Waals surface area contributed by atoms with Crippen LogP contribution in [0.15, 0.2) is 34.9 Å². The summed E-state index contributed by atoms with van der Waals surface area (Å²) >= 11 is 0. The first kappa shape index (κ1) is 27.4. The Balaban J connectivity index is 1.43. The molecule has 0 bridgehead atoms. The van der Waals surface area contributed by atoms with Crippen LogP contribution in [0.3, 0.4) is 0 Å². The van der Waals surface area contributed by atoms with E-state index in [1.54, 1.807) is 24.0 Å². The van der Waals surface area contributed by atoms with Gasteiger partial charge < -0.3 is 25.2 Å². The van der Waals surface area contributed by atoms with Crippen molar-refractivity contribution in [2.75, 3.05) is 6.54 Å². The number of nitrogens with zero attached hydrogens (tertiary/aromatic N) is 3. The van der Waals surface area contributed by atoms with Crippen LogP contribution in [0.2, 0.25) is 0 Å². The van der Waals surface area contributed by atoms with Gasteiger partial charge in [0.05, 0.1) is 17.4 Å². The Morgan fingerprint density at radius 3 is 2.55 bits per heavy atom. The number of nitrogens with one attached hydrogen (secondary N) is 2. The summed E-state index contributed by atoms with van der Waals surface area (Å²) in [5, 5.41) is 19.6. The second-order valence-corrected chi connectivity index (χ2v) is 11.7. The van der Waals surface area contributed by atoms with Crippen LogP contribution in [0.4, 0.5) is 4.79 Å². The third-order valence-electron chi connectivity index (χ3n) is 7.57. The van der Waals surface area contributed by atoms with Crippen molar-refractivity contribution in [3.05, 3.63) is 69.9 Å². The highest BCUT2D eigenvalue weighted by atomic mass is 16.5. The lowest BCUT2D eigenvalue weighted by molar-refractivity contribution is -0.122. The van der Waals surface area contributed by atoms with Crippen molar-refractivity contribution in [1.29, 1.82) is 0 Å². The molecule has 2 atom stereocenters. The van der Waals surface area contributed by atoms with Crippen LogP contribution in [0.25, 0.3) is 11.1 Å². The normalized spacial score (nSPS) is 18.2. The minimum atomic E-state index is -0.966. The molecular formula is C30H35N5O5. The Labute approximate surface area is 233 Å². The van der Waals surface area contributed by atoms with Gasteiger partial charge in [0, 0.05) is 25.2 Å². The lowest BCUT2D eigenvalue weighted by Crippen LogP contribution is -2.50. The summed E-state index contributed by atoms with van der Waals surface area (Å²) in [6.45, 7) is 10.6. The van der Waals surface area contributed by atoms with E-state index in [-0.39, 0.29) is 34.9 Å². The number of hydrogen-bond donors (Lipinski definition) is 3. The Bertz CT molecular complexity index is 1490. The maximum atomic E-state index is 13.1. The fourth-order valence-corrected chi connectivity index (χ4v) is 5.43. The van der Waals surface area contributed by atoms with Crippen LogP contribution >= 0.6 is 0 Å². The SMILES string of the molecule is Cc1noc([C@H]2C[C@@H]2C(=O)NCc2ccc(-c3cccc(C(=O)O)c3C)c3c2CN(C(=O)NC(C)(C)C)CC3)n1. The molecule has 210 valence electrons. The summed E-state index contributed by atoms with van der Waals surface area (Å²) in [6.07, 6.45) is 1.28. The van der Waals surface area contributed by atoms with Crippen molar-refractivity contribution in [3.63, 3.8) is 0 Å². The standard InChI is InChI=1S/C30H35N5O5/c1-16-19(7-6-8-20(16)28(37)38)21-10-9-18(14-31-26(36)23-13-24(23)27-32-17(2)34-40-27)25-15-35(12-11-22(21)25)29(39)33-30(3,4)5/h6-10,23-24H,11-15H2,1-5H3,(H,31,36)(H,33,39)(H,37,38)/t23-,24-/m0/s1. The summed E-state index contributed by atoms with van der Waals surface area (Å²) in [7, 11) is 0. The number of carboxylic acids is 1. The quantitative estimate of drug-likeness (QED) is 0.419. The number of amides is 3. The van der Waals surface area contributed by atoms with Gasteiger partial charge in [0.15, 0.2) is 5.82 Å². The summed E-state index contributed by atoms with van der Waals surface area (Å²) in [5.74, 6) is -0.242. The zero-order valence-electron chi connectivity index (χ0n) is 23.5. The molecule has 1 aliphatic carbocycles. The monoisotopic (exact) mass is 545 g/mol. The molecule has 1 aromatic heterocycles. The van der Waals surface area contributed by atoms with Gasteiger partial charge in [-0.3, -0.25) is 4.79 Å². The fourth-order valence-electron chi connectivity index (χ4n) is 5.43. The summed E-state index contributed by atoms with van der Waals surface area (Å²) in [6, 6.07) is 9.13. The van der Waals surface area contributed by atoms with Gasteiger partial charge in [-0.2, -0.15) is 4.98 Å². The van der Waals surface area contributed by atoms with Crippen LogP contribution in [-0.2, 0) is 24.3 Å². The van der Waals surface area contributed by atoms with Gasteiger partial charge in [0.2, 0.25) is 11.8 Å². The van der Waals surface area contributed by atoms with Crippen LogP contribution in [0.5, 0.6) is 0 Å². The number of hydrogen-bond acceptors (Lipinski definition) is 6. The minimum Gasteiger partial charge on any atom is -0.478 e. The first-order chi connectivity index (χ1) is 18.9. The van der Waals surface area contributed by atoms with Crippen molar-refractivity contribution in [2.24, 2.45) is 5.92 Å². The molecule has 0 unspecified atom stereocenters. The Hall–Kier alpha value is -4.21. The van der Waals surface area contributed by atoms with Gasteiger partial charge in [-0.25, -0.2) is 9.59 Å². The van der Waals surface area contributed by atoms with E-state index in [0.717, 1.165) is 27.8 Å². The molecule has 5 rings (SSSR count). The van der Waals surface area contributed by atoms with Crippen LogP contribution < -0.4 is 10.6 Å². The molecule has 1 aliphatic heterocycles. The van der Waals surface area contributed by atoms with E-state index in [4.69, 9.17) is 4.52 Å². The van der Waals surface area contributed by atoms with E-state index in [0.29, 0.717) is 49.8 Å². The average Bonchev–Trinajstić information content (AvgIpc) is 3.58. The van der Waals surface area contributed by atoms with Crippen LogP contribution in [-0.4, -0.2) is 50.1 Å². The molecule has 1 saturated carbocycles. The first-order valence-electron chi connectivity index (χ1n) is 13.5. The maximum Gasteiger partial charge on any atom is 0.335 e. The smallest absolute Gasteiger partial charge is 0.335 e. The maximum absolute atomic E-state index is 13.1. The third-order valence-corrected chi connectivity index (χ3v) is 7.57. The van der Waals surface area contributed by atoms with Crippen molar-refractivity contribution in [2.45, 2.75) is 72.0 Å². The third kappa shape index (κ3) is 5.57. The minimum absolute atomic E-state index is 0.0569. The number of carboxylic acid groups (broad SMARTS) is 1. The lowest BCUT2D eigenvalue weighted by Gasteiger charge is -2.34. The highest BCUT2D eigenvalue weighted by Gasteiger charge is 2.47. The van der Waals surface area contributed by atoms with Gasteiger partial charge >= 0.3 is 12.0 Å². The highest BCUT2D eigenvalue weighted by Crippen LogP contribution is 2.47. The molecule has 3 N–H and O–H groups in total. The van der Waals surface area contributed by atoms with Crippen molar-refractivity contribution >= 4 is 17.9 Å². The zero-order valence-corrected chi connectivity index (χ0v) is 23.5. The Morgan fingerprint density at radius 1 is 1.10 bits per heavy atom. The Kier molecular flexibility index (Phi) is 7.12. The van der Waals surface area contributed by atoms with Gasteiger partial charge in [0.1, 0.15) is 0 Å². The molecule has 3 amide bonds. The lowest BCUT2D eigenvalue weighted by atomic mass is 9.85. The van der Waals surface area contributed by atoms with Crippen LogP contribution in [0, 0.1) is 19.8 Å². The average molecular weight is 546 g/mol. The number of rotatable bonds is 6. The fraction of sp³-hybridized carbons (Fsp3) is 0.433. The number of urea groups is 1. The number of aromatic carboxylic acids is 1. The molecule has 0 radical (unpaired) electrons. The predicted octanol–water partition coefficient (Wildman–Crippen LogP) is 4.34. The molecule has 1 fully saturated rings. The predicted molar refractivity (Wildman–Crippen MR) is 148 cm³/mol. The number of benzene rings is 2. The number of aryl methyl sites for hydroxylation is 1. The van der Waals surface area contributed by atoms with Gasteiger partial charge in [-0.05, 0) is 86.9 Å². The van der Waals surface area contributed by atoms with E-state index in [1.807, 2.05) is 45.9 Å². The van der Waals surface area contributed by atoms with E-state index >= 15 is 0 Å². The Morgan fingerprint density at radius 2 is 1.88 bits per heavy atom. The van der Waals surface area contributed by atoms with Gasteiger partial charge in [-0.1, -0.05) is 29.4 Å². The van der Waals surface area contributed by atoms with Gasteiger partial charge in [0.25, 0.3) is 0 Å². The molecule has 10 nitrogen and oxygen atoms in total. The zero-order chi connectivity index (χ0) is 28.8. The molecule has 2 aromatic carbocycles. The van der Waals surface area contributed by atoms with E-state index in [1.165, 1.54) is 0 Å². The van der Waals surface area contributed by atoms with Crippen molar-refractivity contribution in [1.82, 2.24) is 25.7 Å².